The second-order valence-electron chi connectivity index (χ2n) is 2.58. The molecule has 1 radical (unpaired) electrons. The van der Waals surface area contributed by atoms with Crippen molar-refractivity contribution in [3.63, 3.8) is 0 Å². The first-order valence-corrected chi connectivity index (χ1v) is 5.65. The van der Waals surface area contributed by atoms with Gasteiger partial charge in [-0.2, -0.15) is 6.92 Å². The van der Waals surface area contributed by atoms with E-state index in [1.54, 1.807) is 19.3 Å². The predicted octanol–water partition coefficient (Wildman–Crippen LogP) is 3.95. The SMILES string of the molecule is Nc1ccc(Br)cc1.[CH2-]C.[Rh].c1ccncc1. The molecule has 0 aliphatic heterocycles. The molecule has 0 aliphatic rings. The largest absolute Gasteiger partial charge is 0.399 e. The molecule has 2 rings (SSSR count). The molecule has 0 saturated heterocycles. The minimum atomic E-state index is 0. The molecule has 0 aliphatic carbocycles. The van der Waals surface area contributed by atoms with Crippen LogP contribution in [0.15, 0.2) is 59.3 Å². The Kier molecular flexibility index (Phi) is 14.6. The second kappa shape index (κ2) is 13.3. The molecule has 17 heavy (non-hydrogen) atoms. The molecule has 0 saturated carbocycles. The van der Waals surface area contributed by atoms with Crippen LogP contribution in [-0.2, 0) is 19.5 Å². The Morgan fingerprint density at radius 2 is 1.47 bits per heavy atom. The van der Waals surface area contributed by atoms with Gasteiger partial charge in [0.1, 0.15) is 0 Å². The van der Waals surface area contributed by atoms with E-state index in [4.69, 9.17) is 5.73 Å². The fourth-order valence-corrected chi connectivity index (χ4v) is 1.04. The van der Waals surface area contributed by atoms with Gasteiger partial charge in [0, 0.05) is 42.0 Å². The summed E-state index contributed by atoms with van der Waals surface area (Å²) in [6.07, 6.45) is 3.50. The molecule has 0 bridgehead atoms. The van der Waals surface area contributed by atoms with Gasteiger partial charge in [0.25, 0.3) is 0 Å². The first-order valence-electron chi connectivity index (χ1n) is 4.86. The van der Waals surface area contributed by atoms with Gasteiger partial charge in [0.05, 0.1) is 0 Å². The van der Waals surface area contributed by atoms with Gasteiger partial charge in [0.15, 0.2) is 0 Å². The van der Waals surface area contributed by atoms with Gasteiger partial charge >= 0.3 is 0 Å². The van der Waals surface area contributed by atoms with E-state index in [0.717, 1.165) is 10.2 Å². The van der Waals surface area contributed by atoms with Crippen molar-refractivity contribution >= 4 is 21.6 Å². The quantitative estimate of drug-likeness (QED) is 0.425. The maximum absolute atomic E-state index is 5.41. The number of nitrogens with zero attached hydrogens (tertiary/aromatic N) is 1. The van der Waals surface area contributed by atoms with Crippen LogP contribution in [0.3, 0.4) is 0 Å². The van der Waals surface area contributed by atoms with Gasteiger partial charge in [0.2, 0.25) is 0 Å². The van der Waals surface area contributed by atoms with Gasteiger partial charge in [-0.25, -0.2) is 0 Å². The Balaban J connectivity index is 0. The van der Waals surface area contributed by atoms with Gasteiger partial charge in [-0.1, -0.05) is 22.0 Å². The van der Waals surface area contributed by atoms with Crippen molar-refractivity contribution < 1.29 is 19.5 Å². The summed E-state index contributed by atoms with van der Waals surface area (Å²) < 4.78 is 1.06. The van der Waals surface area contributed by atoms with E-state index < -0.39 is 0 Å². The molecule has 1 heterocycles. The number of hydrogen-bond donors (Lipinski definition) is 1. The molecule has 2 aromatic rings. The second-order valence-corrected chi connectivity index (χ2v) is 3.49. The molecule has 0 atom stereocenters. The van der Waals surface area contributed by atoms with Crippen molar-refractivity contribution in [3.05, 3.63) is 66.3 Å². The number of halogens is 1. The topological polar surface area (TPSA) is 38.9 Å². The normalized spacial score (nSPS) is 7.47. The molecule has 0 unspecified atom stereocenters. The summed E-state index contributed by atoms with van der Waals surface area (Å²) in [7, 11) is 0. The van der Waals surface area contributed by atoms with Gasteiger partial charge in [-0.3, -0.25) is 4.98 Å². The molecule has 0 spiro atoms. The number of nitrogen functional groups attached to an aromatic ring is 1. The fraction of sp³-hybridized carbons (Fsp3) is 0.0769. The number of pyridine rings is 1. The van der Waals surface area contributed by atoms with E-state index in [0.29, 0.717) is 0 Å². The summed E-state index contributed by atoms with van der Waals surface area (Å²) in [5.74, 6) is 0. The standard InChI is InChI=1S/C6H6BrN.C5H5N.C2H5.Rh/c7-5-1-3-6(8)4-2-5;1-2-4-6-5-3-1;1-2;/h1-4H,8H2;1-5H;1H2,2H3;/q;;-1;. The smallest absolute Gasteiger partial charge is 0.0314 e. The van der Waals surface area contributed by atoms with Crippen molar-refractivity contribution in [2.24, 2.45) is 0 Å². The predicted molar refractivity (Wildman–Crippen MR) is 73.8 cm³/mol. The van der Waals surface area contributed by atoms with Crippen LogP contribution >= 0.6 is 15.9 Å². The van der Waals surface area contributed by atoms with Crippen LogP contribution in [0, 0.1) is 6.92 Å². The number of anilines is 1. The zero-order chi connectivity index (χ0) is 12.2. The molecular weight excluding hydrogens is 367 g/mol. The van der Waals surface area contributed by atoms with Crippen LogP contribution in [0.5, 0.6) is 0 Å². The first-order chi connectivity index (χ1) is 7.79. The van der Waals surface area contributed by atoms with Crippen molar-refractivity contribution in [1.29, 1.82) is 0 Å². The summed E-state index contributed by atoms with van der Waals surface area (Å²) in [6.45, 7) is 5.00. The molecule has 2 nitrogen and oxygen atoms in total. The molecule has 1 aromatic heterocycles. The molecule has 0 fully saturated rings. The molecule has 95 valence electrons. The Morgan fingerprint density at radius 1 is 1.00 bits per heavy atom. The summed E-state index contributed by atoms with van der Waals surface area (Å²) in [5, 5.41) is 0. The Hall–Kier alpha value is -0.727. The van der Waals surface area contributed by atoms with E-state index in [9.17, 15) is 0 Å². The van der Waals surface area contributed by atoms with Crippen LogP contribution in [0.1, 0.15) is 6.92 Å². The fourth-order valence-electron chi connectivity index (χ4n) is 0.775. The summed E-state index contributed by atoms with van der Waals surface area (Å²) in [6, 6.07) is 13.2. The molecule has 2 N–H and O–H groups in total. The van der Waals surface area contributed by atoms with Crippen molar-refractivity contribution in [2.75, 3.05) is 5.73 Å². The summed E-state index contributed by atoms with van der Waals surface area (Å²) in [4.78, 5) is 3.78. The van der Waals surface area contributed by atoms with E-state index in [1.807, 2.05) is 42.5 Å². The maximum Gasteiger partial charge on any atom is 0.0314 e. The molecular formula is C13H16BrN2Rh-. The number of benzene rings is 1. The molecule has 4 heteroatoms. The number of aromatic nitrogens is 1. The zero-order valence-corrected chi connectivity index (χ0v) is 12.9. The van der Waals surface area contributed by atoms with E-state index in [2.05, 4.69) is 27.8 Å². The third kappa shape index (κ3) is 11.5. The van der Waals surface area contributed by atoms with Crippen molar-refractivity contribution in [3.8, 4) is 0 Å². The maximum atomic E-state index is 5.41. The van der Waals surface area contributed by atoms with E-state index >= 15 is 0 Å². The minimum Gasteiger partial charge on any atom is -0.399 e. The van der Waals surface area contributed by atoms with Crippen LogP contribution in [-0.4, -0.2) is 4.98 Å². The van der Waals surface area contributed by atoms with Gasteiger partial charge < -0.3 is 12.7 Å². The van der Waals surface area contributed by atoms with Crippen LogP contribution in [0.4, 0.5) is 5.69 Å². The third-order valence-electron chi connectivity index (χ3n) is 1.44. The molecule has 1 aromatic carbocycles. The number of rotatable bonds is 0. The van der Waals surface area contributed by atoms with E-state index in [-0.39, 0.29) is 19.5 Å². The average Bonchev–Trinajstić information content (AvgIpc) is 2.38. The summed E-state index contributed by atoms with van der Waals surface area (Å²) in [5.41, 5.74) is 6.21. The van der Waals surface area contributed by atoms with Crippen molar-refractivity contribution in [2.45, 2.75) is 6.92 Å². The number of hydrogen-bond acceptors (Lipinski definition) is 2. The van der Waals surface area contributed by atoms with Crippen LogP contribution < -0.4 is 5.73 Å². The van der Waals surface area contributed by atoms with Crippen molar-refractivity contribution in [1.82, 2.24) is 4.98 Å². The first kappa shape index (κ1) is 18.6. The third-order valence-corrected chi connectivity index (χ3v) is 1.97. The molecule has 0 amide bonds. The van der Waals surface area contributed by atoms with E-state index in [1.165, 1.54) is 0 Å². The zero-order valence-electron chi connectivity index (χ0n) is 9.64. The summed E-state index contributed by atoms with van der Waals surface area (Å²) >= 11 is 3.29. The Bertz CT molecular complexity index is 304. The van der Waals surface area contributed by atoms with Gasteiger partial charge in [-0.05, 0) is 36.4 Å². The van der Waals surface area contributed by atoms with Gasteiger partial charge in [-0.15, -0.1) is 0 Å². The Labute approximate surface area is 125 Å². The van der Waals surface area contributed by atoms with Crippen LogP contribution in [0.2, 0.25) is 0 Å². The number of nitrogens with two attached hydrogens (primary N) is 1. The Morgan fingerprint density at radius 3 is 1.71 bits per heavy atom. The average molecular weight is 383 g/mol. The monoisotopic (exact) mass is 382 g/mol. The minimum absolute atomic E-state index is 0. The van der Waals surface area contributed by atoms with Crippen LogP contribution in [0.25, 0.3) is 0 Å².